The highest BCUT2D eigenvalue weighted by Gasteiger charge is 2.13. The van der Waals surface area contributed by atoms with Gasteiger partial charge in [0, 0.05) is 36.6 Å². The minimum absolute atomic E-state index is 0.128. The monoisotopic (exact) mass is 636 g/mol. The van der Waals surface area contributed by atoms with Crippen molar-refractivity contribution in [2.24, 2.45) is 0 Å². The third-order valence-corrected chi connectivity index (χ3v) is 8.14. The van der Waals surface area contributed by atoms with Gasteiger partial charge in [-0.3, -0.25) is 14.6 Å². The molecule has 2 N–H and O–H groups in total. The van der Waals surface area contributed by atoms with Gasteiger partial charge in [0.1, 0.15) is 24.7 Å². The highest BCUT2D eigenvalue weighted by Crippen LogP contribution is 2.30. The Morgan fingerprint density at radius 1 is 0.730 bits per heavy atom. The van der Waals surface area contributed by atoms with Crippen molar-refractivity contribution in [3.63, 3.8) is 0 Å². The summed E-state index contributed by atoms with van der Waals surface area (Å²) in [6, 6.07) is 11.4. The zero-order chi connectivity index (χ0) is 25.9. The van der Waals surface area contributed by atoms with E-state index in [1.54, 1.807) is 0 Å². The molecule has 0 bridgehead atoms. The molecular weight excluding hydrogens is 600 g/mol. The molecule has 2 fully saturated rings. The number of piperidine rings is 2. The molecule has 0 radical (unpaired) electrons. The molecule has 2 saturated heterocycles. The predicted molar refractivity (Wildman–Crippen MR) is 157 cm³/mol. The highest BCUT2D eigenvalue weighted by atomic mass is 79.9. The van der Waals surface area contributed by atoms with Gasteiger partial charge in [-0.15, -0.1) is 0 Å². The summed E-state index contributed by atoms with van der Waals surface area (Å²) >= 11 is 7.12. The van der Waals surface area contributed by atoms with Crippen molar-refractivity contribution in [1.82, 2.24) is 9.80 Å². The normalized spacial score (nSPS) is 16.8. The van der Waals surface area contributed by atoms with E-state index in [4.69, 9.17) is 9.47 Å². The van der Waals surface area contributed by atoms with E-state index in [2.05, 4.69) is 52.3 Å². The number of carbonyl (C=O) groups excluding carboxylic acids is 1. The van der Waals surface area contributed by atoms with Gasteiger partial charge < -0.3 is 20.1 Å². The van der Waals surface area contributed by atoms with Gasteiger partial charge in [0.15, 0.2) is 0 Å². The number of nitrogens with zero attached hydrogens (tertiary/aromatic N) is 2. The van der Waals surface area contributed by atoms with Crippen LogP contribution in [0.4, 0.5) is 11.4 Å². The predicted octanol–water partition coefficient (Wildman–Crippen LogP) is 5.99. The van der Waals surface area contributed by atoms with Gasteiger partial charge >= 0.3 is 0 Å². The van der Waals surface area contributed by atoms with E-state index < -0.39 is 0 Å². The fraction of sp³-hybridized carbons (Fsp3) is 0.536. The maximum absolute atomic E-state index is 12.6. The Balaban J connectivity index is 1.22. The van der Waals surface area contributed by atoms with Crippen molar-refractivity contribution in [1.29, 1.82) is 0 Å². The molecular formula is C28H38Br2N4O3. The van der Waals surface area contributed by atoms with Gasteiger partial charge in [0.05, 0.1) is 15.5 Å². The topological polar surface area (TPSA) is 66.1 Å². The number of halogens is 2. The Morgan fingerprint density at radius 3 is 1.76 bits per heavy atom. The van der Waals surface area contributed by atoms with Gasteiger partial charge in [-0.25, -0.2) is 0 Å². The van der Waals surface area contributed by atoms with Crippen molar-refractivity contribution in [2.45, 2.75) is 38.5 Å². The first-order valence-electron chi connectivity index (χ1n) is 13.4. The Hall–Kier alpha value is -1.81. The average Bonchev–Trinajstić information content (AvgIpc) is 2.92. The van der Waals surface area contributed by atoms with E-state index in [-0.39, 0.29) is 12.5 Å². The maximum atomic E-state index is 12.6. The summed E-state index contributed by atoms with van der Waals surface area (Å²) in [5.41, 5.74) is 1.55. The number of rotatable bonds is 12. The molecule has 0 aliphatic carbocycles. The number of hydrogen-bond acceptors (Lipinski definition) is 6. The van der Waals surface area contributed by atoms with Crippen LogP contribution in [0, 0.1) is 0 Å². The zero-order valence-electron chi connectivity index (χ0n) is 21.4. The number of amides is 1. The first-order chi connectivity index (χ1) is 18.1. The first-order valence-corrected chi connectivity index (χ1v) is 15.0. The quantitative estimate of drug-likeness (QED) is 0.298. The number of benzene rings is 2. The number of likely N-dealkylation sites (tertiary alicyclic amines) is 2. The van der Waals surface area contributed by atoms with Gasteiger partial charge in [-0.1, -0.05) is 12.8 Å². The van der Waals surface area contributed by atoms with E-state index in [0.29, 0.717) is 18.9 Å². The van der Waals surface area contributed by atoms with Crippen LogP contribution >= 0.6 is 31.9 Å². The Morgan fingerprint density at radius 2 is 1.22 bits per heavy atom. The summed E-state index contributed by atoms with van der Waals surface area (Å²) in [6.45, 7) is 7.90. The summed E-state index contributed by atoms with van der Waals surface area (Å²) in [5.74, 6) is 1.39. The molecule has 2 heterocycles. The lowest BCUT2D eigenvalue weighted by Crippen LogP contribution is -2.33. The third kappa shape index (κ3) is 9.46. The summed E-state index contributed by atoms with van der Waals surface area (Å²) in [7, 11) is 0. The van der Waals surface area contributed by atoms with Gasteiger partial charge in [0.25, 0.3) is 0 Å². The van der Waals surface area contributed by atoms with Crippen LogP contribution in [0.5, 0.6) is 11.5 Å². The highest BCUT2D eigenvalue weighted by molar-refractivity contribution is 9.10. The second kappa shape index (κ2) is 15.0. The molecule has 7 nitrogen and oxygen atoms in total. The second-order valence-electron chi connectivity index (χ2n) is 9.69. The Labute approximate surface area is 237 Å². The molecule has 0 saturated carbocycles. The molecule has 0 spiro atoms. The molecule has 4 rings (SSSR count). The number of hydrogen-bond donors (Lipinski definition) is 2. The largest absolute Gasteiger partial charge is 0.491 e. The summed E-state index contributed by atoms with van der Waals surface area (Å²) in [5, 5.41) is 6.16. The minimum Gasteiger partial charge on any atom is -0.491 e. The van der Waals surface area contributed by atoms with Crippen LogP contribution < -0.4 is 20.1 Å². The Kier molecular flexibility index (Phi) is 11.4. The summed E-state index contributed by atoms with van der Waals surface area (Å²) in [4.78, 5) is 17.5. The van der Waals surface area contributed by atoms with Crippen molar-refractivity contribution in [3.05, 3.63) is 45.3 Å². The molecule has 0 unspecified atom stereocenters. The number of anilines is 2. The van der Waals surface area contributed by atoms with E-state index in [9.17, 15) is 4.79 Å². The molecule has 202 valence electrons. The van der Waals surface area contributed by atoms with E-state index in [1.165, 1.54) is 38.5 Å². The molecule has 2 aliphatic rings. The number of ether oxygens (including phenoxy) is 2. The van der Waals surface area contributed by atoms with Gasteiger partial charge in [0.2, 0.25) is 5.91 Å². The fourth-order valence-electron chi connectivity index (χ4n) is 4.74. The zero-order valence-corrected chi connectivity index (χ0v) is 24.6. The molecule has 9 heteroatoms. The second-order valence-corrected chi connectivity index (χ2v) is 11.4. The lowest BCUT2D eigenvalue weighted by molar-refractivity contribution is -0.114. The Bertz CT molecular complexity index is 1010. The van der Waals surface area contributed by atoms with Crippen LogP contribution in [0.1, 0.15) is 38.5 Å². The van der Waals surface area contributed by atoms with Crippen molar-refractivity contribution < 1.29 is 14.3 Å². The third-order valence-electron chi connectivity index (χ3n) is 6.83. The first kappa shape index (κ1) is 28.2. The number of carbonyl (C=O) groups is 1. The van der Waals surface area contributed by atoms with Crippen LogP contribution in [-0.2, 0) is 4.79 Å². The van der Waals surface area contributed by atoms with Crippen LogP contribution in [0.3, 0.4) is 0 Å². The van der Waals surface area contributed by atoms with Crippen molar-refractivity contribution in [3.8, 4) is 11.5 Å². The van der Waals surface area contributed by atoms with Crippen LogP contribution in [-0.4, -0.2) is 74.7 Å². The summed E-state index contributed by atoms with van der Waals surface area (Å²) in [6.07, 6.45) is 7.76. The van der Waals surface area contributed by atoms with E-state index in [1.807, 2.05) is 36.4 Å². The molecule has 0 aromatic heterocycles. The minimum atomic E-state index is -0.128. The SMILES string of the molecule is O=C(CNc1ccc(Br)c(OCCN2CCCCC2)c1)Nc1ccc(Br)c(OCCN2CCCCC2)c1. The lowest BCUT2D eigenvalue weighted by Gasteiger charge is -2.26. The van der Waals surface area contributed by atoms with E-state index >= 15 is 0 Å². The molecule has 1 amide bonds. The summed E-state index contributed by atoms with van der Waals surface area (Å²) < 4.78 is 13.8. The molecule has 37 heavy (non-hydrogen) atoms. The maximum Gasteiger partial charge on any atom is 0.243 e. The van der Waals surface area contributed by atoms with Gasteiger partial charge in [-0.2, -0.15) is 0 Å². The molecule has 2 aliphatic heterocycles. The molecule has 2 aromatic carbocycles. The molecule has 0 atom stereocenters. The van der Waals surface area contributed by atoms with Crippen molar-refractivity contribution in [2.75, 3.05) is 69.7 Å². The van der Waals surface area contributed by atoms with Crippen LogP contribution in [0.15, 0.2) is 45.3 Å². The smallest absolute Gasteiger partial charge is 0.243 e. The lowest BCUT2D eigenvalue weighted by atomic mass is 10.1. The van der Waals surface area contributed by atoms with Crippen molar-refractivity contribution >= 4 is 49.1 Å². The van der Waals surface area contributed by atoms with Crippen LogP contribution in [0.2, 0.25) is 0 Å². The average molecular weight is 638 g/mol. The van der Waals surface area contributed by atoms with E-state index in [0.717, 1.165) is 65.4 Å². The fourth-order valence-corrected chi connectivity index (χ4v) is 5.46. The van der Waals surface area contributed by atoms with Crippen LogP contribution in [0.25, 0.3) is 0 Å². The number of nitrogens with one attached hydrogen (secondary N) is 2. The van der Waals surface area contributed by atoms with Gasteiger partial charge in [-0.05, 0) is 108 Å². The standard InChI is InChI=1S/C28H38Br2N4O3/c29-24-9-7-22(19-26(24)36-17-15-33-11-3-1-4-12-33)31-21-28(35)32-23-8-10-25(30)27(20-23)37-18-16-34-13-5-2-6-14-34/h7-10,19-20,31H,1-6,11-18,21H2,(H,32,35). The molecule has 2 aromatic rings.